The molecule has 0 saturated heterocycles. The van der Waals surface area contributed by atoms with E-state index in [1.54, 1.807) is 0 Å². The van der Waals surface area contributed by atoms with Crippen LogP contribution in [0.3, 0.4) is 0 Å². The molecule has 1 rings (SSSR count). The van der Waals surface area contributed by atoms with Crippen LogP contribution >= 0.6 is 0 Å². The molecule has 0 saturated carbocycles. The van der Waals surface area contributed by atoms with E-state index in [0.717, 1.165) is 0 Å². The molecular weight excluding hydrogens is 262 g/mol. The van der Waals surface area contributed by atoms with E-state index in [1.165, 1.54) is 6.92 Å². The molecule has 100 valence electrons. The molecule has 0 heterocycles. The van der Waals surface area contributed by atoms with Crippen molar-refractivity contribution in [3.05, 3.63) is 34.4 Å². The van der Waals surface area contributed by atoms with Crippen LogP contribution in [-0.4, -0.2) is 6.29 Å². The van der Waals surface area contributed by atoms with E-state index < -0.39 is 29.0 Å². The van der Waals surface area contributed by atoms with Crippen molar-refractivity contribution in [2.75, 3.05) is 0 Å². The van der Waals surface area contributed by atoms with Crippen LogP contribution in [0.2, 0.25) is 0 Å². The highest BCUT2D eigenvalue weighted by atomic mass is 19.4. The lowest BCUT2D eigenvalue weighted by Gasteiger charge is -2.16. The Labute approximate surface area is 98.4 Å². The Morgan fingerprint density at radius 1 is 1.06 bits per heavy atom. The van der Waals surface area contributed by atoms with Crippen LogP contribution in [0.25, 0.3) is 0 Å². The lowest BCUT2D eigenvalue weighted by atomic mass is 9.96. The Balaban J connectivity index is 3.62. The second kappa shape index (κ2) is 4.62. The van der Waals surface area contributed by atoms with Crippen molar-refractivity contribution in [3.8, 4) is 0 Å². The molecule has 0 amide bonds. The van der Waals surface area contributed by atoms with E-state index >= 15 is 0 Å². The van der Waals surface area contributed by atoms with Crippen LogP contribution in [0.5, 0.6) is 0 Å². The van der Waals surface area contributed by atoms with Crippen LogP contribution in [-0.2, 0) is 18.8 Å². The molecule has 0 aliphatic rings. The molecule has 1 aromatic carbocycles. The number of carbonyl (C=O) groups is 1. The Morgan fingerprint density at radius 3 is 1.94 bits per heavy atom. The summed E-state index contributed by atoms with van der Waals surface area (Å²) in [5.74, 6) is 0. The summed E-state index contributed by atoms with van der Waals surface area (Å²) in [7, 11) is 0. The molecule has 0 aromatic heterocycles. The average molecular weight is 270 g/mol. The first-order valence-electron chi connectivity index (χ1n) is 4.87. The number of carbonyl (C=O) groups excluding carboxylic acids is 1. The summed E-state index contributed by atoms with van der Waals surface area (Å²) in [6.45, 7) is 1.38. The van der Waals surface area contributed by atoms with Gasteiger partial charge in [-0.1, -0.05) is 6.92 Å². The fourth-order valence-corrected chi connectivity index (χ4v) is 1.54. The van der Waals surface area contributed by atoms with Crippen LogP contribution in [0.15, 0.2) is 12.1 Å². The van der Waals surface area contributed by atoms with E-state index in [4.69, 9.17) is 0 Å². The van der Waals surface area contributed by atoms with Gasteiger partial charge in [0.25, 0.3) is 0 Å². The number of alkyl halides is 6. The number of rotatable bonds is 2. The molecule has 1 nitrogen and oxygen atoms in total. The molecule has 18 heavy (non-hydrogen) atoms. The standard InChI is InChI=1S/C11H8F6O/c1-2-6-3-7(10(12,13)14)4-9(8(6)5-18)11(15,16)17/h3-5H,2H2,1H3. The van der Waals surface area contributed by atoms with E-state index in [2.05, 4.69) is 0 Å². The summed E-state index contributed by atoms with van der Waals surface area (Å²) in [5.41, 5.74) is -3.97. The highest BCUT2D eigenvalue weighted by Gasteiger charge is 2.39. The number of hydrogen-bond donors (Lipinski definition) is 0. The quantitative estimate of drug-likeness (QED) is 0.584. The second-order valence-electron chi connectivity index (χ2n) is 3.56. The third-order valence-electron chi connectivity index (χ3n) is 2.40. The minimum absolute atomic E-state index is 0.0388. The van der Waals surface area contributed by atoms with Crippen LogP contribution in [0.1, 0.15) is 34.0 Å². The molecule has 0 N–H and O–H groups in total. The third kappa shape index (κ3) is 2.83. The average Bonchev–Trinajstić information content (AvgIpc) is 2.24. The van der Waals surface area contributed by atoms with Gasteiger partial charge in [0.05, 0.1) is 11.1 Å². The van der Waals surface area contributed by atoms with Gasteiger partial charge in [-0.3, -0.25) is 4.79 Å². The number of hydrogen-bond acceptors (Lipinski definition) is 1. The predicted molar refractivity (Wildman–Crippen MR) is 51.2 cm³/mol. The first-order chi connectivity index (χ1) is 8.11. The molecule has 0 aliphatic carbocycles. The zero-order chi connectivity index (χ0) is 14.1. The Kier molecular flexibility index (Phi) is 3.73. The normalized spacial score (nSPS) is 12.6. The molecule has 0 bridgehead atoms. The van der Waals surface area contributed by atoms with Crippen molar-refractivity contribution in [2.45, 2.75) is 25.7 Å². The zero-order valence-electron chi connectivity index (χ0n) is 9.12. The minimum atomic E-state index is -5.00. The number of halogens is 6. The predicted octanol–water partition coefficient (Wildman–Crippen LogP) is 4.10. The summed E-state index contributed by atoms with van der Waals surface area (Å²) in [6.07, 6.45) is -10.0. The molecule has 0 atom stereocenters. The lowest BCUT2D eigenvalue weighted by Crippen LogP contribution is -2.15. The number of aryl methyl sites for hydroxylation is 1. The van der Waals surface area contributed by atoms with Gasteiger partial charge in [-0.15, -0.1) is 0 Å². The highest BCUT2D eigenvalue weighted by Crippen LogP contribution is 2.38. The van der Waals surface area contributed by atoms with Crippen molar-refractivity contribution in [1.29, 1.82) is 0 Å². The van der Waals surface area contributed by atoms with Gasteiger partial charge in [0.1, 0.15) is 0 Å². The molecule has 0 unspecified atom stereocenters. The highest BCUT2D eigenvalue weighted by molar-refractivity contribution is 5.80. The van der Waals surface area contributed by atoms with Gasteiger partial charge >= 0.3 is 12.4 Å². The summed E-state index contributed by atoms with van der Waals surface area (Å²) >= 11 is 0. The van der Waals surface area contributed by atoms with Crippen molar-refractivity contribution >= 4 is 6.29 Å². The van der Waals surface area contributed by atoms with E-state index in [-0.39, 0.29) is 24.3 Å². The first kappa shape index (κ1) is 14.5. The van der Waals surface area contributed by atoms with Gasteiger partial charge in [-0.2, -0.15) is 26.3 Å². The summed E-state index contributed by atoms with van der Waals surface area (Å²) in [5, 5.41) is 0. The fraction of sp³-hybridized carbons (Fsp3) is 0.364. The van der Waals surface area contributed by atoms with E-state index in [1.807, 2.05) is 0 Å². The van der Waals surface area contributed by atoms with Crippen LogP contribution in [0.4, 0.5) is 26.3 Å². The van der Waals surface area contributed by atoms with Crippen LogP contribution in [0, 0.1) is 0 Å². The summed E-state index contributed by atoms with van der Waals surface area (Å²) < 4.78 is 75.1. The van der Waals surface area contributed by atoms with Gasteiger partial charge < -0.3 is 0 Å². The fourth-order valence-electron chi connectivity index (χ4n) is 1.54. The topological polar surface area (TPSA) is 17.1 Å². The van der Waals surface area contributed by atoms with Gasteiger partial charge in [0, 0.05) is 5.56 Å². The summed E-state index contributed by atoms with van der Waals surface area (Å²) in [6, 6.07) is 0.530. The van der Waals surface area contributed by atoms with Crippen molar-refractivity contribution in [3.63, 3.8) is 0 Å². The minimum Gasteiger partial charge on any atom is -0.298 e. The first-order valence-corrected chi connectivity index (χ1v) is 4.87. The van der Waals surface area contributed by atoms with Gasteiger partial charge in [0.2, 0.25) is 0 Å². The van der Waals surface area contributed by atoms with Crippen molar-refractivity contribution in [1.82, 2.24) is 0 Å². The Bertz CT molecular complexity index is 458. The second-order valence-corrected chi connectivity index (χ2v) is 3.56. The molecule has 0 aliphatic heterocycles. The van der Waals surface area contributed by atoms with Gasteiger partial charge in [0.15, 0.2) is 6.29 Å². The maximum atomic E-state index is 12.6. The van der Waals surface area contributed by atoms with E-state index in [9.17, 15) is 31.1 Å². The zero-order valence-corrected chi connectivity index (χ0v) is 9.12. The molecule has 7 heteroatoms. The molecule has 0 spiro atoms. The SMILES string of the molecule is CCc1cc(C(F)(F)F)cc(C(F)(F)F)c1C=O. The molecule has 0 fully saturated rings. The van der Waals surface area contributed by atoms with Crippen molar-refractivity contribution < 1.29 is 31.1 Å². The molecular formula is C11H8F6O. The lowest BCUT2D eigenvalue weighted by molar-refractivity contribution is -0.143. The Morgan fingerprint density at radius 2 is 1.61 bits per heavy atom. The maximum Gasteiger partial charge on any atom is 0.417 e. The van der Waals surface area contributed by atoms with Crippen LogP contribution < -0.4 is 0 Å². The third-order valence-corrected chi connectivity index (χ3v) is 2.40. The smallest absolute Gasteiger partial charge is 0.298 e. The monoisotopic (exact) mass is 270 g/mol. The Hall–Kier alpha value is -1.53. The molecule has 1 aromatic rings. The van der Waals surface area contributed by atoms with Crippen molar-refractivity contribution in [2.24, 2.45) is 0 Å². The van der Waals surface area contributed by atoms with E-state index in [0.29, 0.717) is 6.07 Å². The summed E-state index contributed by atoms with van der Waals surface area (Å²) in [4.78, 5) is 10.6. The molecule has 0 radical (unpaired) electrons. The number of benzene rings is 1. The van der Waals surface area contributed by atoms with Gasteiger partial charge in [-0.05, 0) is 24.1 Å². The number of aldehydes is 1. The maximum absolute atomic E-state index is 12.6. The van der Waals surface area contributed by atoms with Gasteiger partial charge in [-0.25, -0.2) is 0 Å². The largest absolute Gasteiger partial charge is 0.417 e.